The zero-order valence-corrected chi connectivity index (χ0v) is 15.4. The smallest absolute Gasteiger partial charge is 0.218 e. The van der Waals surface area contributed by atoms with Crippen molar-refractivity contribution in [2.75, 3.05) is 13.7 Å². The second-order valence-corrected chi connectivity index (χ2v) is 6.83. The summed E-state index contributed by atoms with van der Waals surface area (Å²) >= 11 is 1.79. The standard InChI is InChI=1S/C18H26N4OS/c1-4-5-11-23-17-15(7-6-10-20-17)12-21-18(19-3)22-13-16-9-8-14(2)24-16/h6-10H,4-5,11-13H2,1-3H3,(H2,19,21,22). The van der Waals surface area contributed by atoms with Crippen LogP contribution in [0.2, 0.25) is 0 Å². The number of hydrogen-bond acceptors (Lipinski definition) is 4. The van der Waals surface area contributed by atoms with Gasteiger partial charge in [0.2, 0.25) is 5.88 Å². The van der Waals surface area contributed by atoms with Crippen LogP contribution in [0, 0.1) is 6.92 Å². The minimum atomic E-state index is 0.623. The van der Waals surface area contributed by atoms with Crippen LogP contribution < -0.4 is 15.4 Å². The number of nitrogens with one attached hydrogen (secondary N) is 2. The molecule has 2 aromatic rings. The second kappa shape index (κ2) is 9.93. The predicted octanol–water partition coefficient (Wildman–Crippen LogP) is 3.50. The van der Waals surface area contributed by atoms with Crippen molar-refractivity contribution in [2.24, 2.45) is 4.99 Å². The van der Waals surface area contributed by atoms with E-state index in [2.05, 4.69) is 46.6 Å². The van der Waals surface area contributed by atoms with Crippen molar-refractivity contribution in [3.8, 4) is 5.88 Å². The van der Waals surface area contributed by atoms with Gasteiger partial charge in [0.15, 0.2) is 5.96 Å². The molecule has 0 aliphatic rings. The average Bonchev–Trinajstić information content (AvgIpc) is 3.02. The molecule has 130 valence electrons. The molecule has 5 nitrogen and oxygen atoms in total. The van der Waals surface area contributed by atoms with Crippen molar-refractivity contribution in [1.29, 1.82) is 0 Å². The fourth-order valence-corrected chi connectivity index (χ4v) is 2.98. The van der Waals surface area contributed by atoms with Gasteiger partial charge in [-0.1, -0.05) is 19.4 Å². The Kier molecular flexibility index (Phi) is 7.55. The summed E-state index contributed by atoms with van der Waals surface area (Å²) < 4.78 is 5.77. The number of guanidine groups is 1. The maximum absolute atomic E-state index is 5.77. The van der Waals surface area contributed by atoms with E-state index in [1.54, 1.807) is 24.6 Å². The highest BCUT2D eigenvalue weighted by atomic mass is 32.1. The Labute approximate surface area is 148 Å². The lowest BCUT2D eigenvalue weighted by molar-refractivity contribution is 0.294. The normalized spacial score (nSPS) is 11.4. The highest BCUT2D eigenvalue weighted by Gasteiger charge is 2.06. The van der Waals surface area contributed by atoms with E-state index in [-0.39, 0.29) is 0 Å². The first kappa shape index (κ1) is 18.3. The SMILES string of the molecule is CCCCOc1ncccc1CNC(=NC)NCc1ccc(C)s1. The van der Waals surface area contributed by atoms with E-state index in [1.807, 2.05) is 12.1 Å². The second-order valence-electron chi connectivity index (χ2n) is 5.46. The third-order valence-corrected chi connectivity index (χ3v) is 4.48. The van der Waals surface area contributed by atoms with Crippen LogP contribution in [-0.2, 0) is 13.1 Å². The van der Waals surface area contributed by atoms with Crippen molar-refractivity contribution in [1.82, 2.24) is 15.6 Å². The zero-order valence-electron chi connectivity index (χ0n) is 14.6. The molecule has 0 saturated heterocycles. The van der Waals surface area contributed by atoms with E-state index < -0.39 is 0 Å². The molecule has 0 aliphatic heterocycles. The Morgan fingerprint density at radius 2 is 2.08 bits per heavy atom. The number of thiophene rings is 1. The van der Waals surface area contributed by atoms with Gasteiger partial charge in [0, 0.05) is 35.1 Å². The predicted molar refractivity (Wildman–Crippen MR) is 101 cm³/mol. The lowest BCUT2D eigenvalue weighted by Gasteiger charge is -2.13. The first-order valence-corrected chi connectivity index (χ1v) is 9.11. The minimum Gasteiger partial charge on any atom is -0.477 e. The van der Waals surface area contributed by atoms with Gasteiger partial charge in [0.25, 0.3) is 0 Å². The van der Waals surface area contributed by atoms with E-state index in [0.29, 0.717) is 19.0 Å². The van der Waals surface area contributed by atoms with E-state index in [0.717, 1.165) is 30.9 Å². The quantitative estimate of drug-likeness (QED) is 0.436. The van der Waals surface area contributed by atoms with Crippen LogP contribution in [0.25, 0.3) is 0 Å². The molecule has 2 heterocycles. The number of pyridine rings is 1. The molecule has 24 heavy (non-hydrogen) atoms. The lowest BCUT2D eigenvalue weighted by atomic mass is 10.2. The fourth-order valence-electron chi connectivity index (χ4n) is 2.15. The number of aryl methyl sites for hydroxylation is 1. The average molecular weight is 347 g/mol. The number of rotatable bonds is 8. The third-order valence-electron chi connectivity index (χ3n) is 3.48. The Morgan fingerprint density at radius 1 is 1.25 bits per heavy atom. The van der Waals surface area contributed by atoms with Crippen molar-refractivity contribution in [2.45, 2.75) is 39.8 Å². The van der Waals surface area contributed by atoms with Gasteiger partial charge in [-0.25, -0.2) is 4.98 Å². The largest absolute Gasteiger partial charge is 0.477 e. The minimum absolute atomic E-state index is 0.623. The molecule has 2 N–H and O–H groups in total. The molecule has 0 aromatic carbocycles. The molecule has 0 bridgehead atoms. The van der Waals surface area contributed by atoms with Crippen LogP contribution in [0.3, 0.4) is 0 Å². The molecule has 0 unspecified atom stereocenters. The van der Waals surface area contributed by atoms with Crippen molar-refractivity contribution in [3.63, 3.8) is 0 Å². The molecule has 0 fully saturated rings. The van der Waals surface area contributed by atoms with Gasteiger partial charge in [-0.15, -0.1) is 11.3 Å². The maximum atomic E-state index is 5.77. The Hall–Kier alpha value is -2.08. The van der Waals surface area contributed by atoms with Gasteiger partial charge in [-0.05, 0) is 31.5 Å². The molecule has 0 saturated carbocycles. The van der Waals surface area contributed by atoms with Crippen LogP contribution in [0.4, 0.5) is 0 Å². The summed E-state index contributed by atoms with van der Waals surface area (Å²) in [4.78, 5) is 11.2. The summed E-state index contributed by atoms with van der Waals surface area (Å²) in [6.45, 7) is 6.35. The van der Waals surface area contributed by atoms with Crippen LogP contribution in [0.1, 0.15) is 35.1 Å². The molecular formula is C18H26N4OS. The fraction of sp³-hybridized carbons (Fsp3) is 0.444. The number of ether oxygens (including phenoxy) is 1. The number of aliphatic imine (C=N–C) groups is 1. The molecular weight excluding hydrogens is 320 g/mol. The monoisotopic (exact) mass is 346 g/mol. The molecule has 6 heteroatoms. The zero-order chi connectivity index (χ0) is 17.2. The summed E-state index contributed by atoms with van der Waals surface area (Å²) in [5, 5.41) is 6.65. The Morgan fingerprint density at radius 3 is 2.79 bits per heavy atom. The van der Waals surface area contributed by atoms with Crippen molar-refractivity contribution < 1.29 is 4.74 Å². The van der Waals surface area contributed by atoms with E-state index in [1.165, 1.54) is 9.75 Å². The summed E-state index contributed by atoms with van der Waals surface area (Å²) in [6, 6.07) is 8.22. The Bertz CT molecular complexity index is 654. The molecule has 0 radical (unpaired) electrons. The van der Waals surface area contributed by atoms with Gasteiger partial charge < -0.3 is 15.4 Å². The molecule has 2 aromatic heterocycles. The lowest BCUT2D eigenvalue weighted by Crippen LogP contribution is -2.36. The van der Waals surface area contributed by atoms with E-state index >= 15 is 0 Å². The summed E-state index contributed by atoms with van der Waals surface area (Å²) in [5.41, 5.74) is 1.03. The highest BCUT2D eigenvalue weighted by molar-refractivity contribution is 7.11. The van der Waals surface area contributed by atoms with Crippen LogP contribution in [0.5, 0.6) is 5.88 Å². The topological polar surface area (TPSA) is 58.5 Å². The van der Waals surface area contributed by atoms with Gasteiger partial charge in [-0.3, -0.25) is 4.99 Å². The molecule has 0 aliphatic carbocycles. The summed E-state index contributed by atoms with van der Waals surface area (Å²) in [6.07, 6.45) is 3.91. The van der Waals surface area contributed by atoms with Gasteiger partial charge in [-0.2, -0.15) is 0 Å². The van der Waals surface area contributed by atoms with Crippen LogP contribution >= 0.6 is 11.3 Å². The first-order valence-electron chi connectivity index (χ1n) is 8.29. The van der Waals surface area contributed by atoms with E-state index in [4.69, 9.17) is 4.74 Å². The number of unbranched alkanes of at least 4 members (excludes halogenated alkanes) is 1. The summed E-state index contributed by atoms with van der Waals surface area (Å²) in [7, 11) is 1.77. The van der Waals surface area contributed by atoms with Gasteiger partial charge in [0.1, 0.15) is 0 Å². The molecule has 0 spiro atoms. The molecule has 0 amide bonds. The van der Waals surface area contributed by atoms with Crippen LogP contribution in [-0.4, -0.2) is 24.6 Å². The molecule has 2 rings (SSSR count). The van der Waals surface area contributed by atoms with E-state index in [9.17, 15) is 0 Å². The van der Waals surface area contributed by atoms with Gasteiger partial charge >= 0.3 is 0 Å². The van der Waals surface area contributed by atoms with Crippen molar-refractivity contribution in [3.05, 3.63) is 45.8 Å². The highest BCUT2D eigenvalue weighted by Crippen LogP contribution is 2.15. The first-order chi connectivity index (χ1) is 11.7. The summed E-state index contributed by atoms with van der Waals surface area (Å²) in [5.74, 6) is 1.46. The third kappa shape index (κ3) is 5.85. The number of nitrogens with zero attached hydrogens (tertiary/aromatic N) is 2. The van der Waals surface area contributed by atoms with Crippen molar-refractivity contribution >= 4 is 17.3 Å². The molecule has 0 atom stereocenters. The number of hydrogen-bond donors (Lipinski definition) is 2. The number of aromatic nitrogens is 1. The van der Waals surface area contributed by atoms with Gasteiger partial charge in [0.05, 0.1) is 13.2 Å². The Balaban J connectivity index is 1.86. The maximum Gasteiger partial charge on any atom is 0.218 e. The van der Waals surface area contributed by atoms with Crippen LogP contribution in [0.15, 0.2) is 35.5 Å².